The Morgan fingerprint density at radius 2 is 2.30 bits per heavy atom. The summed E-state index contributed by atoms with van der Waals surface area (Å²) in [6.45, 7) is 0.989. The molecular weight excluding hydrogens is 332 g/mol. The van der Waals surface area contributed by atoms with Crippen molar-refractivity contribution in [3.05, 3.63) is 28.6 Å². The second-order valence-electron chi connectivity index (χ2n) is 5.51. The molecule has 122 valence electrons. The largest absolute Gasteiger partial charge is 0.351 e. The minimum atomic E-state index is -0.525. The number of hydrogen-bond donors (Lipinski definition) is 1. The molecule has 3 amide bonds. The second kappa shape index (κ2) is 6.67. The Morgan fingerprint density at radius 1 is 1.48 bits per heavy atom. The molecule has 3 heterocycles. The molecule has 0 unspecified atom stereocenters. The summed E-state index contributed by atoms with van der Waals surface area (Å²) in [6, 6.07) is 3.07. The molecule has 3 rings (SSSR count). The first kappa shape index (κ1) is 15.9. The summed E-state index contributed by atoms with van der Waals surface area (Å²) >= 11 is 3.22. The molecule has 8 heteroatoms. The zero-order valence-electron chi connectivity index (χ0n) is 12.8. The minimum absolute atomic E-state index is 0.0769. The number of thiazole rings is 1. The van der Waals surface area contributed by atoms with Crippen LogP contribution in [0.5, 0.6) is 0 Å². The van der Waals surface area contributed by atoms with Crippen LogP contribution in [0.25, 0.3) is 9.88 Å². The summed E-state index contributed by atoms with van der Waals surface area (Å²) in [6.07, 6.45) is 1.48. The maximum absolute atomic E-state index is 12.6. The average molecular weight is 350 g/mol. The normalized spacial score (nSPS) is 17.4. The molecule has 0 aliphatic carbocycles. The molecular formula is C15H18N4O2S2. The van der Waals surface area contributed by atoms with Crippen LogP contribution in [0.1, 0.15) is 18.5 Å². The van der Waals surface area contributed by atoms with Gasteiger partial charge in [0.2, 0.25) is 5.91 Å². The zero-order chi connectivity index (χ0) is 16.4. The number of rotatable bonds is 4. The maximum Gasteiger partial charge on any atom is 0.315 e. The third kappa shape index (κ3) is 3.37. The van der Waals surface area contributed by atoms with Crippen molar-refractivity contribution in [1.29, 1.82) is 0 Å². The lowest BCUT2D eigenvalue weighted by molar-refractivity contribution is -0.134. The van der Waals surface area contributed by atoms with Gasteiger partial charge in [0, 0.05) is 19.0 Å². The van der Waals surface area contributed by atoms with Crippen LogP contribution in [-0.2, 0) is 11.3 Å². The summed E-state index contributed by atoms with van der Waals surface area (Å²) in [4.78, 5) is 32.7. The molecule has 0 saturated carbocycles. The summed E-state index contributed by atoms with van der Waals surface area (Å²) in [5.41, 5.74) is 6.20. The van der Waals surface area contributed by atoms with Crippen molar-refractivity contribution in [3.8, 4) is 9.88 Å². The number of amides is 3. The van der Waals surface area contributed by atoms with Crippen LogP contribution in [-0.4, -0.2) is 46.4 Å². The second-order valence-corrected chi connectivity index (χ2v) is 7.31. The fourth-order valence-corrected chi connectivity index (χ4v) is 4.38. The third-order valence-corrected chi connectivity index (χ3v) is 5.81. The Labute approximate surface area is 142 Å². The van der Waals surface area contributed by atoms with Crippen LogP contribution in [0.3, 0.4) is 0 Å². The molecule has 1 fully saturated rings. The van der Waals surface area contributed by atoms with E-state index in [1.807, 2.05) is 22.9 Å². The highest BCUT2D eigenvalue weighted by Gasteiger charge is 2.34. The first-order valence-corrected chi connectivity index (χ1v) is 9.11. The summed E-state index contributed by atoms with van der Waals surface area (Å²) in [5, 5.41) is 4.96. The minimum Gasteiger partial charge on any atom is -0.351 e. The van der Waals surface area contributed by atoms with Gasteiger partial charge in [0.15, 0.2) is 0 Å². The molecule has 23 heavy (non-hydrogen) atoms. The molecule has 0 spiro atoms. The number of aromatic nitrogens is 1. The highest BCUT2D eigenvalue weighted by Crippen LogP contribution is 2.28. The van der Waals surface area contributed by atoms with Crippen LogP contribution in [0.15, 0.2) is 22.9 Å². The molecule has 1 atom stereocenters. The van der Waals surface area contributed by atoms with E-state index in [9.17, 15) is 9.59 Å². The van der Waals surface area contributed by atoms with Gasteiger partial charge >= 0.3 is 6.03 Å². The zero-order valence-corrected chi connectivity index (χ0v) is 14.4. The van der Waals surface area contributed by atoms with Gasteiger partial charge in [-0.25, -0.2) is 9.78 Å². The molecule has 2 N–H and O–H groups in total. The van der Waals surface area contributed by atoms with E-state index in [4.69, 9.17) is 5.73 Å². The molecule has 6 nitrogen and oxygen atoms in total. The van der Waals surface area contributed by atoms with Crippen molar-refractivity contribution in [2.45, 2.75) is 25.4 Å². The molecule has 0 radical (unpaired) electrons. The van der Waals surface area contributed by atoms with Gasteiger partial charge in [-0.15, -0.1) is 22.7 Å². The number of primary amides is 1. The van der Waals surface area contributed by atoms with Gasteiger partial charge in [-0.2, -0.15) is 0 Å². The van der Waals surface area contributed by atoms with Crippen molar-refractivity contribution in [2.24, 2.45) is 5.73 Å². The molecule has 1 aliphatic rings. The van der Waals surface area contributed by atoms with Crippen LogP contribution < -0.4 is 5.73 Å². The van der Waals surface area contributed by atoms with Gasteiger partial charge in [0.25, 0.3) is 0 Å². The Morgan fingerprint density at radius 3 is 3.00 bits per heavy atom. The predicted octanol–water partition coefficient (Wildman–Crippen LogP) is 2.37. The average Bonchev–Trinajstić information content (AvgIpc) is 3.26. The van der Waals surface area contributed by atoms with Gasteiger partial charge in [-0.05, 0) is 24.3 Å². The fourth-order valence-electron chi connectivity index (χ4n) is 2.76. The lowest BCUT2D eigenvalue weighted by atomic mass is 10.2. The van der Waals surface area contributed by atoms with Gasteiger partial charge in [-0.3, -0.25) is 4.79 Å². The number of likely N-dealkylation sites (tertiary alicyclic amines) is 1. The number of hydrogen-bond acceptors (Lipinski definition) is 5. The number of nitrogens with zero attached hydrogens (tertiary/aromatic N) is 3. The fraction of sp³-hybridized carbons (Fsp3) is 0.400. The Bertz CT molecular complexity index is 698. The number of urea groups is 1. The van der Waals surface area contributed by atoms with Gasteiger partial charge in [0.1, 0.15) is 11.0 Å². The van der Waals surface area contributed by atoms with Crippen molar-refractivity contribution in [2.75, 3.05) is 13.6 Å². The standard InChI is InChI=1S/C15H18N4O2S2/c1-18(14(20)11-4-2-6-19(11)15(16)21)8-10-9-23-13(17-10)12-5-3-7-22-12/h3,5,7,9,11H,2,4,6,8H2,1H3,(H2,16,21)/t11-/m1/s1. The number of carbonyl (C=O) groups excluding carboxylic acids is 2. The molecule has 0 aromatic carbocycles. The summed E-state index contributed by atoms with van der Waals surface area (Å²) in [7, 11) is 1.74. The van der Waals surface area contributed by atoms with E-state index in [-0.39, 0.29) is 5.91 Å². The van der Waals surface area contributed by atoms with Crippen LogP contribution in [0, 0.1) is 0 Å². The van der Waals surface area contributed by atoms with Crippen molar-refractivity contribution < 1.29 is 9.59 Å². The number of likely N-dealkylation sites (N-methyl/N-ethyl adjacent to an activating group) is 1. The number of thiophene rings is 1. The van der Waals surface area contributed by atoms with E-state index in [1.165, 1.54) is 4.90 Å². The topological polar surface area (TPSA) is 79.5 Å². The Kier molecular flexibility index (Phi) is 4.63. The monoisotopic (exact) mass is 350 g/mol. The lowest BCUT2D eigenvalue weighted by Gasteiger charge is -2.26. The molecule has 2 aromatic heterocycles. The van der Waals surface area contributed by atoms with Gasteiger partial charge in [0.05, 0.1) is 17.1 Å². The van der Waals surface area contributed by atoms with Gasteiger partial charge in [-0.1, -0.05) is 6.07 Å². The smallest absolute Gasteiger partial charge is 0.315 e. The van der Waals surface area contributed by atoms with E-state index in [0.717, 1.165) is 22.0 Å². The lowest BCUT2D eigenvalue weighted by Crippen LogP contribution is -2.48. The summed E-state index contributed by atoms with van der Waals surface area (Å²) in [5.74, 6) is -0.0769. The molecule has 2 aromatic rings. The first-order valence-electron chi connectivity index (χ1n) is 7.35. The Balaban J connectivity index is 1.66. The molecule has 1 saturated heterocycles. The predicted molar refractivity (Wildman–Crippen MR) is 91.2 cm³/mol. The van der Waals surface area contributed by atoms with Crippen LogP contribution in [0.2, 0.25) is 0 Å². The van der Waals surface area contributed by atoms with Crippen molar-refractivity contribution >= 4 is 34.6 Å². The Hall–Kier alpha value is -1.93. The van der Waals surface area contributed by atoms with E-state index in [1.54, 1.807) is 34.6 Å². The van der Waals surface area contributed by atoms with Crippen molar-refractivity contribution in [1.82, 2.24) is 14.8 Å². The van der Waals surface area contributed by atoms with Crippen LogP contribution >= 0.6 is 22.7 Å². The highest BCUT2D eigenvalue weighted by atomic mass is 32.1. The SMILES string of the molecule is CN(Cc1csc(-c2cccs2)n1)C(=O)[C@H]1CCCN1C(N)=O. The summed E-state index contributed by atoms with van der Waals surface area (Å²) < 4.78 is 0. The van der Waals surface area contributed by atoms with E-state index in [2.05, 4.69) is 4.98 Å². The highest BCUT2D eigenvalue weighted by molar-refractivity contribution is 7.20. The quantitative estimate of drug-likeness (QED) is 0.919. The van der Waals surface area contributed by atoms with Crippen molar-refractivity contribution in [3.63, 3.8) is 0 Å². The van der Waals surface area contributed by atoms with Gasteiger partial charge < -0.3 is 15.5 Å². The van der Waals surface area contributed by atoms with Crippen LogP contribution in [0.4, 0.5) is 4.79 Å². The number of nitrogens with two attached hydrogens (primary N) is 1. The molecule has 0 bridgehead atoms. The van der Waals surface area contributed by atoms with E-state index < -0.39 is 12.1 Å². The first-order chi connectivity index (χ1) is 11.1. The number of carbonyl (C=O) groups is 2. The van der Waals surface area contributed by atoms with E-state index in [0.29, 0.717) is 19.5 Å². The molecule has 1 aliphatic heterocycles. The maximum atomic E-state index is 12.6. The van der Waals surface area contributed by atoms with E-state index >= 15 is 0 Å². The third-order valence-electron chi connectivity index (χ3n) is 3.88.